The second-order valence-corrected chi connectivity index (χ2v) is 7.94. The number of aliphatic hydroxyl groups is 1. The minimum atomic E-state index is -0.307. The lowest BCUT2D eigenvalue weighted by Crippen LogP contribution is -2.39. The van der Waals surface area contributed by atoms with Gasteiger partial charge in [0.1, 0.15) is 0 Å². The van der Waals surface area contributed by atoms with Crippen LogP contribution in [0, 0.1) is 23.7 Å². The van der Waals surface area contributed by atoms with Crippen LogP contribution < -0.4 is 0 Å². The first-order valence-corrected chi connectivity index (χ1v) is 9.19. The normalized spacial score (nSPS) is 33.8. The molecule has 2 bridgehead atoms. The van der Waals surface area contributed by atoms with Gasteiger partial charge >= 0.3 is 0 Å². The average Bonchev–Trinajstić information content (AvgIpc) is 3.09. The number of hydrogen-bond donors (Lipinski definition) is 1. The average molecular weight is 332 g/mol. The van der Waals surface area contributed by atoms with Gasteiger partial charge in [0.25, 0.3) is 0 Å². The molecule has 22 heavy (non-hydrogen) atoms. The first-order valence-electron chi connectivity index (χ1n) is 9.19. The number of β-amino-alcohol motifs (C(OH)–C–C–N with tert-alkyl or cyclic N) is 1. The van der Waals surface area contributed by atoms with Crippen LogP contribution in [0.4, 0.5) is 0 Å². The number of piperidine rings is 1. The minimum Gasteiger partial charge on any atom is -0.389 e. The van der Waals surface area contributed by atoms with E-state index in [9.17, 15) is 5.11 Å². The zero-order chi connectivity index (χ0) is 14.7. The van der Waals surface area contributed by atoms with Crippen molar-refractivity contribution in [2.75, 3.05) is 32.8 Å². The summed E-state index contributed by atoms with van der Waals surface area (Å²) in [6.07, 6.45) is 9.34. The summed E-state index contributed by atoms with van der Waals surface area (Å²) < 4.78 is 5.75. The highest BCUT2D eigenvalue weighted by atomic mass is 35.5. The Labute approximate surface area is 142 Å². The number of ether oxygens (including phenoxy) is 1. The SMILES string of the molecule is CC1CCN(CC(O)COCCC2CC3CCC2C3)CC1.Cl. The lowest BCUT2D eigenvalue weighted by atomic mass is 9.87. The van der Waals surface area contributed by atoms with Gasteiger partial charge in [0.15, 0.2) is 0 Å². The van der Waals surface area contributed by atoms with E-state index >= 15 is 0 Å². The van der Waals surface area contributed by atoms with E-state index in [-0.39, 0.29) is 18.5 Å². The van der Waals surface area contributed by atoms with Crippen LogP contribution >= 0.6 is 12.4 Å². The maximum absolute atomic E-state index is 10.1. The number of fused-ring (bicyclic) bond motifs is 2. The van der Waals surface area contributed by atoms with Crippen LogP contribution in [0.25, 0.3) is 0 Å². The number of likely N-dealkylation sites (tertiary alicyclic amines) is 1. The number of aliphatic hydroxyl groups excluding tert-OH is 1. The van der Waals surface area contributed by atoms with E-state index in [2.05, 4.69) is 11.8 Å². The highest BCUT2D eigenvalue weighted by molar-refractivity contribution is 5.85. The summed E-state index contributed by atoms with van der Waals surface area (Å²) in [5.74, 6) is 3.81. The number of rotatable bonds is 7. The first-order chi connectivity index (χ1) is 10.2. The molecule has 0 aromatic carbocycles. The predicted octanol–water partition coefficient (Wildman–Crippen LogP) is 3.34. The summed E-state index contributed by atoms with van der Waals surface area (Å²) in [5, 5.41) is 10.1. The van der Waals surface area contributed by atoms with Crippen molar-refractivity contribution >= 4 is 12.4 Å². The van der Waals surface area contributed by atoms with Crippen molar-refractivity contribution in [2.24, 2.45) is 23.7 Å². The summed E-state index contributed by atoms with van der Waals surface area (Å²) in [4.78, 5) is 2.39. The Kier molecular flexibility index (Phi) is 7.46. The highest BCUT2D eigenvalue weighted by Gasteiger charge is 2.38. The van der Waals surface area contributed by atoms with Gasteiger partial charge in [-0.3, -0.25) is 0 Å². The van der Waals surface area contributed by atoms with E-state index in [1.165, 1.54) is 44.9 Å². The van der Waals surface area contributed by atoms with Crippen LogP contribution in [0.3, 0.4) is 0 Å². The summed E-state index contributed by atoms with van der Waals surface area (Å²) >= 11 is 0. The fourth-order valence-electron chi connectivity index (χ4n) is 4.78. The highest BCUT2D eigenvalue weighted by Crippen LogP contribution is 2.49. The third-order valence-corrected chi connectivity index (χ3v) is 6.17. The molecule has 3 fully saturated rings. The van der Waals surface area contributed by atoms with Gasteiger partial charge in [-0.2, -0.15) is 0 Å². The van der Waals surface area contributed by atoms with Crippen LogP contribution in [-0.4, -0.2) is 49.0 Å². The molecule has 2 saturated carbocycles. The van der Waals surface area contributed by atoms with E-state index < -0.39 is 0 Å². The van der Waals surface area contributed by atoms with Gasteiger partial charge in [-0.15, -0.1) is 12.4 Å². The molecule has 4 heteroatoms. The zero-order valence-electron chi connectivity index (χ0n) is 14.1. The second-order valence-electron chi connectivity index (χ2n) is 7.94. The first kappa shape index (κ1) is 18.5. The Balaban J connectivity index is 0.00000176. The molecule has 0 aromatic rings. The molecule has 0 amide bonds. The standard InChI is InChI=1S/C18H33NO2.ClH/c1-14-4-7-19(8-5-14)12-18(20)13-21-9-6-17-11-15-2-3-16(17)10-15;/h14-18,20H,2-13H2,1H3;1H. The van der Waals surface area contributed by atoms with Crippen molar-refractivity contribution in [2.45, 2.75) is 58.0 Å². The van der Waals surface area contributed by atoms with E-state index in [1.54, 1.807) is 0 Å². The molecule has 130 valence electrons. The quantitative estimate of drug-likeness (QED) is 0.726. The summed E-state index contributed by atoms with van der Waals surface area (Å²) in [7, 11) is 0. The third kappa shape index (κ3) is 5.09. The lowest BCUT2D eigenvalue weighted by molar-refractivity contribution is 0.00593. The van der Waals surface area contributed by atoms with Crippen LogP contribution in [0.2, 0.25) is 0 Å². The molecule has 3 aliphatic rings. The van der Waals surface area contributed by atoms with Crippen molar-refractivity contribution in [1.29, 1.82) is 0 Å². The lowest BCUT2D eigenvalue weighted by Gasteiger charge is -2.31. The summed E-state index contributed by atoms with van der Waals surface area (Å²) in [5.41, 5.74) is 0. The zero-order valence-corrected chi connectivity index (χ0v) is 14.9. The van der Waals surface area contributed by atoms with Crippen LogP contribution in [-0.2, 0) is 4.74 Å². The Morgan fingerprint density at radius 2 is 1.91 bits per heavy atom. The molecule has 4 unspecified atom stereocenters. The molecule has 1 heterocycles. The maximum Gasteiger partial charge on any atom is 0.0900 e. The summed E-state index contributed by atoms with van der Waals surface area (Å²) in [6.45, 7) is 6.77. The Morgan fingerprint density at radius 3 is 2.55 bits per heavy atom. The largest absolute Gasteiger partial charge is 0.389 e. The maximum atomic E-state index is 10.1. The molecule has 3 rings (SSSR count). The van der Waals surface area contributed by atoms with E-state index in [1.807, 2.05) is 0 Å². The number of nitrogens with zero attached hydrogens (tertiary/aromatic N) is 1. The van der Waals surface area contributed by atoms with Crippen LogP contribution in [0.15, 0.2) is 0 Å². The van der Waals surface area contributed by atoms with E-state index in [0.717, 1.165) is 49.9 Å². The third-order valence-electron chi connectivity index (χ3n) is 6.17. The Morgan fingerprint density at radius 1 is 1.14 bits per heavy atom. The Hall–Kier alpha value is 0.170. The molecule has 1 N–H and O–H groups in total. The van der Waals surface area contributed by atoms with Crippen molar-refractivity contribution in [1.82, 2.24) is 4.90 Å². The van der Waals surface area contributed by atoms with Gasteiger partial charge in [0.2, 0.25) is 0 Å². The molecule has 0 spiro atoms. The number of hydrogen-bond acceptors (Lipinski definition) is 3. The van der Waals surface area contributed by atoms with Crippen molar-refractivity contribution in [3.05, 3.63) is 0 Å². The molecular formula is C18H34ClNO2. The van der Waals surface area contributed by atoms with E-state index in [0.29, 0.717) is 6.61 Å². The van der Waals surface area contributed by atoms with E-state index in [4.69, 9.17) is 4.74 Å². The van der Waals surface area contributed by atoms with Gasteiger partial charge in [0, 0.05) is 13.2 Å². The van der Waals surface area contributed by atoms with Crippen molar-refractivity contribution in [3.63, 3.8) is 0 Å². The second kappa shape index (κ2) is 8.86. The van der Waals surface area contributed by atoms with Crippen LogP contribution in [0.1, 0.15) is 51.9 Å². The smallest absolute Gasteiger partial charge is 0.0900 e. The van der Waals surface area contributed by atoms with Gasteiger partial charge < -0.3 is 14.7 Å². The predicted molar refractivity (Wildman–Crippen MR) is 92.5 cm³/mol. The van der Waals surface area contributed by atoms with Gasteiger partial charge in [0.05, 0.1) is 12.7 Å². The van der Waals surface area contributed by atoms with Crippen LogP contribution in [0.5, 0.6) is 0 Å². The molecule has 1 aliphatic heterocycles. The molecule has 4 atom stereocenters. The van der Waals surface area contributed by atoms with Gasteiger partial charge in [-0.1, -0.05) is 13.3 Å². The molecular weight excluding hydrogens is 298 g/mol. The molecule has 0 aromatic heterocycles. The van der Waals surface area contributed by atoms with Gasteiger partial charge in [-0.25, -0.2) is 0 Å². The monoisotopic (exact) mass is 331 g/mol. The number of halogens is 1. The molecule has 3 nitrogen and oxygen atoms in total. The fraction of sp³-hybridized carbons (Fsp3) is 1.00. The van der Waals surface area contributed by atoms with Crippen molar-refractivity contribution in [3.8, 4) is 0 Å². The molecule has 2 aliphatic carbocycles. The van der Waals surface area contributed by atoms with Gasteiger partial charge in [-0.05, 0) is 75.3 Å². The Bertz CT molecular complexity index is 320. The molecule has 0 radical (unpaired) electrons. The molecule has 1 saturated heterocycles. The topological polar surface area (TPSA) is 32.7 Å². The van der Waals surface area contributed by atoms with Crippen molar-refractivity contribution < 1.29 is 9.84 Å². The minimum absolute atomic E-state index is 0. The summed E-state index contributed by atoms with van der Waals surface area (Å²) in [6, 6.07) is 0. The fourth-order valence-corrected chi connectivity index (χ4v) is 4.78.